The number of nitriles is 1. The van der Waals surface area contributed by atoms with Crippen molar-refractivity contribution < 1.29 is 12.8 Å². The van der Waals surface area contributed by atoms with E-state index in [0.29, 0.717) is 10.8 Å². The molecule has 0 aliphatic rings. The summed E-state index contributed by atoms with van der Waals surface area (Å²) in [6.07, 6.45) is 1.22. The van der Waals surface area contributed by atoms with E-state index >= 15 is 0 Å². The average molecular weight is 370 g/mol. The van der Waals surface area contributed by atoms with Gasteiger partial charge in [-0.25, -0.2) is 8.42 Å². The molecule has 0 saturated heterocycles. The van der Waals surface area contributed by atoms with Gasteiger partial charge in [-0.15, -0.1) is 0 Å². The van der Waals surface area contributed by atoms with Crippen molar-refractivity contribution >= 4 is 27.5 Å². The number of sulfone groups is 1. The van der Waals surface area contributed by atoms with Crippen molar-refractivity contribution in [2.24, 2.45) is 0 Å². The van der Waals surface area contributed by atoms with Gasteiger partial charge in [-0.1, -0.05) is 29.8 Å². The van der Waals surface area contributed by atoms with Crippen LogP contribution in [-0.2, 0) is 9.84 Å². The normalized spacial score (nSPS) is 11.9. The maximum absolute atomic E-state index is 12.5. The van der Waals surface area contributed by atoms with Crippen molar-refractivity contribution in [3.63, 3.8) is 0 Å². The molecule has 0 atom stereocenters. The fourth-order valence-electron chi connectivity index (χ4n) is 2.23. The largest absolute Gasteiger partial charge is 0.457 e. The summed E-state index contributed by atoms with van der Waals surface area (Å²) in [5.41, 5.74) is 0.800. The van der Waals surface area contributed by atoms with E-state index in [1.165, 1.54) is 18.2 Å². The zero-order valence-electron chi connectivity index (χ0n) is 12.9. The van der Waals surface area contributed by atoms with Gasteiger partial charge >= 0.3 is 0 Å². The van der Waals surface area contributed by atoms with Gasteiger partial charge in [-0.2, -0.15) is 5.26 Å². The summed E-state index contributed by atoms with van der Waals surface area (Å²) < 4.78 is 30.7. The summed E-state index contributed by atoms with van der Waals surface area (Å²) in [5, 5.41) is 9.89. The summed E-state index contributed by atoms with van der Waals surface area (Å²) in [6, 6.07) is 19.9. The molecule has 25 heavy (non-hydrogen) atoms. The van der Waals surface area contributed by atoms with Gasteiger partial charge in [-0.05, 0) is 48.5 Å². The van der Waals surface area contributed by atoms with Gasteiger partial charge in [0.1, 0.15) is 17.6 Å². The molecule has 3 aromatic rings. The molecule has 0 radical (unpaired) electrons. The number of halogens is 1. The Kier molecular flexibility index (Phi) is 4.75. The van der Waals surface area contributed by atoms with Crippen LogP contribution in [0.3, 0.4) is 0 Å². The van der Waals surface area contributed by atoms with Crippen LogP contribution in [-0.4, -0.2) is 8.42 Å². The number of hydrogen-bond donors (Lipinski definition) is 0. The van der Waals surface area contributed by atoms with Crippen molar-refractivity contribution in [2.45, 2.75) is 4.90 Å². The Morgan fingerprint density at radius 1 is 1.00 bits per heavy atom. The SMILES string of the molecule is N#CC(=Cc1ccc(-c2ccc(Cl)cc2)o1)S(=O)(=O)c1ccccc1. The van der Waals surface area contributed by atoms with E-state index < -0.39 is 9.84 Å². The first-order valence-electron chi connectivity index (χ1n) is 7.28. The third-order valence-electron chi connectivity index (χ3n) is 3.48. The molecule has 0 fully saturated rings. The third kappa shape index (κ3) is 3.66. The van der Waals surface area contributed by atoms with E-state index in [9.17, 15) is 13.7 Å². The molecule has 0 aliphatic carbocycles. The van der Waals surface area contributed by atoms with E-state index in [2.05, 4.69) is 0 Å². The summed E-state index contributed by atoms with van der Waals surface area (Å²) in [4.78, 5) is -0.317. The molecule has 0 aliphatic heterocycles. The van der Waals surface area contributed by atoms with Crippen LogP contribution < -0.4 is 0 Å². The van der Waals surface area contributed by atoms with Crippen molar-refractivity contribution in [3.8, 4) is 17.4 Å². The monoisotopic (exact) mass is 369 g/mol. The van der Waals surface area contributed by atoms with Gasteiger partial charge in [0.25, 0.3) is 0 Å². The quantitative estimate of drug-likeness (QED) is 0.611. The number of allylic oxidation sites excluding steroid dienone is 1. The van der Waals surface area contributed by atoms with Gasteiger partial charge < -0.3 is 4.42 Å². The van der Waals surface area contributed by atoms with E-state index in [1.54, 1.807) is 60.7 Å². The number of rotatable bonds is 4. The standard InChI is InChI=1S/C19H12ClNO3S/c20-15-8-6-14(7-9-15)19-11-10-16(24-19)12-18(13-21)25(22,23)17-4-2-1-3-5-17/h1-12H. The molecule has 0 unspecified atom stereocenters. The van der Waals surface area contributed by atoms with Crippen molar-refractivity contribution in [2.75, 3.05) is 0 Å². The summed E-state index contributed by atoms with van der Waals surface area (Å²) in [5.74, 6) is 0.832. The molecular formula is C19H12ClNO3S. The Bertz CT molecular complexity index is 1060. The first kappa shape index (κ1) is 17.0. The maximum atomic E-state index is 12.5. The lowest BCUT2D eigenvalue weighted by atomic mass is 10.2. The van der Waals surface area contributed by atoms with Crippen LogP contribution in [0, 0.1) is 11.3 Å². The number of nitrogens with zero attached hydrogens (tertiary/aromatic N) is 1. The van der Waals surface area contributed by atoms with Gasteiger partial charge in [0.2, 0.25) is 9.84 Å². The molecule has 1 heterocycles. The Hall–Kier alpha value is -2.81. The fourth-order valence-corrected chi connectivity index (χ4v) is 3.51. The van der Waals surface area contributed by atoms with Gasteiger partial charge in [0.15, 0.2) is 4.91 Å². The molecule has 2 aromatic carbocycles. The lowest BCUT2D eigenvalue weighted by molar-refractivity contribution is 0.571. The summed E-state index contributed by atoms with van der Waals surface area (Å²) >= 11 is 5.86. The van der Waals surface area contributed by atoms with E-state index in [-0.39, 0.29) is 15.6 Å². The first-order valence-corrected chi connectivity index (χ1v) is 9.14. The van der Waals surface area contributed by atoms with Crippen LogP contribution in [0.4, 0.5) is 0 Å². The summed E-state index contributed by atoms with van der Waals surface area (Å²) in [7, 11) is -3.89. The second-order valence-corrected chi connectivity index (χ2v) is 7.50. The second kappa shape index (κ2) is 6.98. The summed E-state index contributed by atoms with van der Waals surface area (Å²) in [6.45, 7) is 0. The molecule has 3 rings (SSSR count). The maximum Gasteiger partial charge on any atom is 0.216 e. The predicted octanol–water partition coefficient (Wildman–Crippen LogP) is 4.94. The lowest BCUT2D eigenvalue weighted by Gasteiger charge is -2.01. The topological polar surface area (TPSA) is 71.1 Å². The van der Waals surface area contributed by atoms with Crippen LogP contribution >= 0.6 is 11.6 Å². The van der Waals surface area contributed by atoms with Crippen LogP contribution in [0.1, 0.15) is 5.76 Å². The highest BCUT2D eigenvalue weighted by molar-refractivity contribution is 7.95. The van der Waals surface area contributed by atoms with Crippen LogP contribution in [0.2, 0.25) is 5.02 Å². The zero-order chi connectivity index (χ0) is 17.9. The minimum Gasteiger partial charge on any atom is -0.457 e. The Morgan fingerprint density at radius 2 is 1.68 bits per heavy atom. The van der Waals surface area contributed by atoms with E-state index in [4.69, 9.17) is 16.0 Å². The smallest absolute Gasteiger partial charge is 0.216 e. The third-order valence-corrected chi connectivity index (χ3v) is 5.42. The highest BCUT2D eigenvalue weighted by atomic mass is 35.5. The average Bonchev–Trinajstić information content (AvgIpc) is 3.09. The Labute approximate surface area is 150 Å². The molecule has 1 aromatic heterocycles. The van der Waals surface area contributed by atoms with Crippen molar-refractivity contribution in [1.82, 2.24) is 0 Å². The lowest BCUT2D eigenvalue weighted by Crippen LogP contribution is -2.03. The Balaban J connectivity index is 1.97. The zero-order valence-corrected chi connectivity index (χ0v) is 14.5. The molecule has 6 heteroatoms. The van der Waals surface area contributed by atoms with Crippen LogP contribution in [0.25, 0.3) is 17.4 Å². The molecule has 0 N–H and O–H groups in total. The van der Waals surface area contributed by atoms with Crippen molar-refractivity contribution in [1.29, 1.82) is 5.26 Å². The minimum absolute atomic E-state index is 0.0623. The number of benzene rings is 2. The van der Waals surface area contributed by atoms with Crippen LogP contribution in [0.15, 0.2) is 80.9 Å². The molecule has 124 valence electrons. The Morgan fingerprint density at radius 3 is 2.32 bits per heavy atom. The van der Waals surface area contributed by atoms with E-state index in [1.807, 2.05) is 0 Å². The first-order chi connectivity index (χ1) is 12.0. The fraction of sp³-hybridized carbons (Fsp3) is 0. The number of furan rings is 1. The highest BCUT2D eigenvalue weighted by Crippen LogP contribution is 2.26. The van der Waals surface area contributed by atoms with Crippen molar-refractivity contribution in [3.05, 3.63) is 82.4 Å². The molecular weight excluding hydrogens is 358 g/mol. The highest BCUT2D eigenvalue weighted by Gasteiger charge is 2.21. The molecule has 4 nitrogen and oxygen atoms in total. The van der Waals surface area contributed by atoms with Crippen LogP contribution in [0.5, 0.6) is 0 Å². The van der Waals surface area contributed by atoms with Gasteiger partial charge in [0, 0.05) is 16.7 Å². The molecule has 0 amide bonds. The van der Waals surface area contributed by atoms with Gasteiger partial charge in [-0.3, -0.25) is 0 Å². The molecule has 0 bridgehead atoms. The predicted molar refractivity (Wildman–Crippen MR) is 96.4 cm³/mol. The second-order valence-electron chi connectivity index (χ2n) is 5.15. The molecule has 0 spiro atoms. The number of hydrogen-bond acceptors (Lipinski definition) is 4. The van der Waals surface area contributed by atoms with Gasteiger partial charge in [0.05, 0.1) is 4.90 Å². The molecule has 0 saturated carbocycles. The minimum atomic E-state index is -3.89. The van der Waals surface area contributed by atoms with E-state index in [0.717, 1.165) is 5.56 Å².